The molecule has 0 radical (unpaired) electrons. The maximum absolute atomic E-state index is 12.8. The van der Waals surface area contributed by atoms with E-state index < -0.39 is 12.1 Å². The van der Waals surface area contributed by atoms with Crippen LogP contribution >= 0.6 is 11.8 Å². The van der Waals surface area contributed by atoms with Gasteiger partial charge < -0.3 is 14.3 Å². The molecule has 3 aromatic rings. The minimum Gasteiger partial charge on any atom is -0.378 e. The topological polar surface area (TPSA) is 62.5 Å². The summed E-state index contributed by atoms with van der Waals surface area (Å²) in [6.07, 6.45) is -3.80. The number of amides is 1. The highest BCUT2D eigenvalue weighted by molar-refractivity contribution is 8.00. The molecule has 1 fully saturated rings. The van der Waals surface area contributed by atoms with Crippen molar-refractivity contribution in [2.45, 2.75) is 22.7 Å². The lowest BCUT2D eigenvalue weighted by Crippen LogP contribution is -2.29. The normalized spacial score (nSPS) is 16.4. The van der Waals surface area contributed by atoms with Gasteiger partial charge in [0.25, 0.3) is 5.91 Å². The van der Waals surface area contributed by atoms with Crippen LogP contribution in [0.1, 0.15) is 22.7 Å². The minimum absolute atomic E-state index is 0.0197. The molecule has 32 heavy (non-hydrogen) atoms. The first-order valence-corrected chi connectivity index (χ1v) is 10.8. The van der Waals surface area contributed by atoms with Crippen LogP contribution in [0, 0.1) is 0 Å². The third kappa shape index (κ3) is 4.90. The number of halogens is 3. The summed E-state index contributed by atoms with van der Waals surface area (Å²) < 4.78 is 42.2. The Balaban J connectivity index is 1.35. The molecule has 0 aliphatic carbocycles. The smallest absolute Gasteiger partial charge is 0.378 e. The summed E-state index contributed by atoms with van der Waals surface area (Å²) in [4.78, 5) is 21.0. The quantitative estimate of drug-likeness (QED) is 0.541. The van der Waals surface area contributed by atoms with E-state index in [4.69, 9.17) is 0 Å². The second kappa shape index (κ2) is 8.85. The lowest BCUT2D eigenvalue weighted by atomic mass is 10.2. The number of carbonyl (C=O) groups excluding carboxylic acids is 1. The summed E-state index contributed by atoms with van der Waals surface area (Å²) >= 11 is 1.64. The zero-order valence-electron chi connectivity index (χ0n) is 17.5. The number of carbonyl (C=O) groups is 1. The number of rotatable bonds is 5. The number of alkyl halides is 3. The molecule has 1 aliphatic rings. The molecular weight excluding hydrogens is 441 g/mol. The molecule has 0 unspecified atom stereocenters. The average Bonchev–Trinajstić information content (AvgIpc) is 3.44. The van der Waals surface area contributed by atoms with Gasteiger partial charge in [-0.15, -0.1) is 11.8 Å². The molecule has 1 amide bonds. The van der Waals surface area contributed by atoms with Crippen molar-refractivity contribution in [2.24, 2.45) is 0 Å². The standard InChI is InChI=1S/C22H21F3N4O2S/c1-28(2)16-7-3-15(4-8-16)20(30)29-12-11-18(13-29)32-17-9-5-14(6-10-17)19-26-21(31-27-19)22(23,24)25/h3-10,18H,11-13H2,1-2H3/t18-/m1/s1. The minimum atomic E-state index is -4.67. The number of likely N-dealkylation sites (tertiary alicyclic amines) is 1. The molecule has 6 nitrogen and oxygen atoms in total. The van der Waals surface area contributed by atoms with Gasteiger partial charge in [0.1, 0.15) is 0 Å². The third-order valence-corrected chi connectivity index (χ3v) is 6.41. The van der Waals surface area contributed by atoms with Crippen molar-refractivity contribution in [1.29, 1.82) is 0 Å². The van der Waals surface area contributed by atoms with Crippen LogP contribution in [0.4, 0.5) is 18.9 Å². The Morgan fingerprint density at radius 1 is 1.12 bits per heavy atom. The van der Waals surface area contributed by atoms with Gasteiger partial charge in [0, 0.05) is 54.1 Å². The summed E-state index contributed by atoms with van der Waals surface area (Å²) in [5, 5.41) is 3.64. The number of hydrogen-bond acceptors (Lipinski definition) is 6. The van der Waals surface area contributed by atoms with Crippen LogP contribution < -0.4 is 4.90 Å². The first-order valence-electron chi connectivity index (χ1n) is 9.95. The van der Waals surface area contributed by atoms with Gasteiger partial charge in [-0.1, -0.05) is 5.16 Å². The Morgan fingerprint density at radius 3 is 2.41 bits per heavy atom. The van der Waals surface area contributed by atoms with E-state index in [1.165, 1.54) is 0 Å². The maximum atomic E-state index is 12.8. The fraction of sp³-hybridized carbons (Fsp3) is 0.318. The van der Waals surface area contributed by atoms with Crippen LogP contribution in [0.5, 0.6) is 0 Å². The van der Waals surface area contributed by atoms with Crippen LogP contribution in [0.3, 0.4) is 0 Å². The zero-order chi connectivity index (χ0) is 22.9. The monoisotopic (exact) mass is 462 g/mol. The van der Waals surface area contributed by atoms with Gasteiger partial charge in [-0.2, -0.15) is 18.2 Å². The van der Waals surface area contributed by atoms with Gasteiger partial charge in [-0.05, 0) is 55.0 Å². The second-order valence-electron chi connectivity index (χ2n) is 7.67. The van der Waals surface area contributed by atoms with Crippen molar-refractivity contribution in [3.05, 3.63) is 60.0 Å². The Bertz CT molecular complexity index is 1080. The van der Waals surface area contributed by atoms with Crippen LogP contribution in [-0.4, -0.2) is 53.4 Å². The molecule has 0 bridgehead atoms. The van der Waals surface area contributed by atoms with Crippen LogP contribution in [0.25, 0.3) is 11.4 Å². The van der Waals surface area contributed by atoms with E-state index in [9.17, 15) is 18.0 Å². The predicted molar refractivity (Wildman–Crippen MR) is 116 cm³/mol. The van der Waals surface area contributed by atoms with E-state index in [1.807, 2.05) is 60.3 Å². The summed E-state index contributed by atoms with van der Waals surface area (Å²) in [5.41, 5.74) is 2.15. The van der Waals surface area contributed by atoms with Crippen LogP contribution in [0.15, 0.2) is 57.9 Å². The Morgan fingerprint density at radius 2 is 1.81 bits per heavy atom. The number of nitrogens with zero attached hydrogens (tertiary/aromatic N) is 4. The Labute approximate surface area is 187 Å². The maximum Gasteiger partial charge on any atom is 0.471 e. The molecule has 1 aliphatic heterocycles. The highest BCUT2D eigenvalue weighted by Crippen LogP contribution is 2.33. The van der Waals surface area contributed by atoms with Gasteiger partial charge in [-0.25, -0.2) is 0 Å². The number of anilines is 1. The average molecular weight is 462 g/mol. The SMILES string of the molecule is CN(C)c1ccc(C(=O)N2CC[C@@H](Sc3ccc(-c4noc(C(F)(F)F)n4)cc3)C2)cc1. The molecule has 168 valence electrons. The van der Waals surface area contributed by atoms with E-state index in [0.29, 0.717) is 24.2 Å². The lowest BCUT2D eigenvalue weighted by molar-refractivity contribution is -0.159. The predicted octanol–water partition coefficient (Wildman–Crippen LogP) is 4.83. The molecule has 2 heterocycles. The number of aromatic nitrogens is 2. The van der Waals surface area contributed by atoms with Crippen molar-refractivity contribution in [2.75, 3.05) is 32.1 Å². The van der Waals surface area contributed by atoms with E-state index in [1.54, 1.807) is 23.9 Å². The van der Waals surface area contributed by atoms with Gasteiger partial charge in [0.2, 0.25) is 5.82 Å². The second-order valence-corrected chi connectivity index (χ2v) is 9.04. The molecule has 2 aromatic carbocycles. The van der Waals surface area contributed by atoms with Gasteiger partial charge in [-0.3, -0.25) is 4.79 Å². The molecule has 1 atom stereocenters. The lowest BCUT2D eigenvalue weighted by Gasteiger charge is -2.18. The molecule has 10 heteroatoms. The first kappa shape index (κ1) is 22.2. The fourth-order valence-corrected chi connectivity index (χ4v) is 4.58. The number of thioether (sulfide) groups is 1. The van der Waals surface area contributed by atoms with Crippen molar-refractivity contribution in [1.82, 2.24) is 15.0 Å². The van der Waals surface area contributed by atoms with Gasteiger partial charge in [0.05, 0.1) is 0 Å². The Hall–Kier alpha value is -3.01. The highest BCUT2D eigenvalue weighted by Gasteiger charge is 2.38. The fourth-order valence-electron chi connectivity index (χ4n) is 3.42. The van der Waals surface area contributed by atoms with Crippen LogP contribution in [-0.2, 0) is 6.18 Å². The summed E-state index contributed by atoms with van der Waals surface area (Å²) in [5.74, 6) is -1.45. The molecule has 0 saturated carbocycles. The van der Waals surface area contributed by atoms with Gasteiger partial charge >= 0.3 is 12.1 Å². The molecule has 1 aromatic heterocycles. The molecule has 0 N–H and O–H groups in total. The number of benzene rings is 2. The third-order valence-electron chi connectivity index (χ3n) is 5.15. The van der Waals surface area contributed by atoms with Crippen molar-refractivity contribution >= 4 is 23.4 Å². The summed E-state index contributed by atoms with van der Waals surface area (Å²) in [7, 11) is 3.90. The van der Waals surface area contributed by atoms with E-state index >= 15 is 0 Å². The van der Waals surface area contributed by atoms with Gasteiger partial charge in [0.15, 0.2) is 0 Å². The number of hydrogen-bond donors (Lipinski definition) is 0. The van der Waals surface area contributed by atoms with E-state index in [2.05, 4.69) is 14.7 Å². The summed E-state index contributed by atoms with van der Waals surface area (Å²) in [6, 6.07) is 14.5. The van der Waals surface area contributed by atoms with E-state index in [-0.39, 0.29) is 17.0 Å². The highest BCUT2D eigenvalue weighted by atomic mass is 32.2. The van der Waals surface area contributed by atoms with Crippen molar-refractivity contribution < 1.29 is 22.5 Å². The van der Waals surface area contributed by atoms with E-state index in [0.717, 1.165) is 17.0 Å². The Kier molecular flexibility index (Phi) is 6.14. The van der Waals surface area contributed by atoms with Crippen LogP contribution in [0.2, 0.25) is 0 Å². The zero-order valence-corrected chi connectivity index (χ0v) is 18.3. The largest absolute Gasteiger partial charge is 0.471 e. The molecular formula is C22H21F3N4O2S. The van der Waals surface area contributed by atoms with Crippen molar-refractivity contribution in [3.63, 3.8) is 0 Å². The molecule has 4 rings (SSSR count). The molecule has 1 saturated heterocycles. The first-order chi connectivity index (χ1) is 15.2. The van der Waals surface area contributed by atoms with Crippen molar-refractivity contribution in [3.8, 4) is 11.4 Å². The summed E-state index contributed by atoms with van der Waals surface area (Å²) in [6.45, 7) is 1.33. The molecule has 0 spiro atoms.